The number of aromatic hydroxyl groups is 1. The molecule has 2 N–H and O–H groups in total. The van der Waals surface area contributed by atoms with E-state index in [0.717, 1.165) is 0 Å². The molecule has 0 radical (unpaired) electrons. The molecular weight excluding hydrogens is 260 g/mol. The number of benzene rings is 1. The number of phenolic OH excluding ortho intramolecular Hbond substituents is 1. The van der Waals surface area contributed by atoms with Crippen LogP contribution in [-0.2, 0) is 4.74 Å². The van der Waals surface area contributed by atoms with E-state index in [9.17, 15) is 14.7 Å². The van der Waals surface area contributed by atoms with Gasteiger partial charge in [0.1, 0.15) is 5.75 Å². The minimum Gasteiger partial charge on any atom is -0.508 e. The molecule has 20 heavy (non-hydrogen) atoms. The number of hydrogen-bond acceptors (Lipinski definition) is 4. The number of likely N-dealkylation sites (tertiary alicyclic amines) is 1. The molecule has 1 aliphatic rings. The first kappa shape index (κ1) is 14.2. The molecule has 0 aromatic heterocycles. The molecule has 108 valence electrons. The quantitative estimate of drug-likeness (QED) is 0.856. The maximum Gasteiger partial charge on any atom is 0.409 e. The third kappa shape index (κ3) is 3.40. The topological polar surface area (TPSA) is 78.9 Å². The lowest BCUT2D eigenvalue weighted by Crippen LogP contribution is -2.46. The fraction of sp³-hybridized carbons (Fsp3) is 0.429. The predicted octanol–water partition coefficient (Wildman–Crippen LogP) is 1.35. The Morgan fingerprint density at radius 2 is 2.05 bits per heavy atom. The zero-order valence-electron chi connectivity index (χ0n) is 11.3. The van der Waals surface area contributed by atoms with Crippen LogP contribution in [0.25, 0.3) is 0 Å². The highest BCUT2D eigenvalue weighted by Gasteiger charge is 2.24. The second kappa shape index (κ2) is 6.27. The Kier molecular flexibility index (Phi) is 4.45. The van der Waals surface area contributed by atoms with Gasteiger partial charge in [-0.25, -0.2) is 4.79 Å². The molecule has 6 heteroatoms. The zero-order chi connectivity index (χ0) is 14.5. The zero-order valence-corrected chi connectivity index (χ0v) is 11.3. The summed E-state index contributed by atoms with van der Waals surface area (Å²) in [5.41, 5.74) is 0.431. The van der Waals surface area contributed by atoms with Gasteiger partial charge in [0.25, 0.3) is 5.91 Å². The largest absolute Gasteiger partial charge is 0.508 e. The lowest BCUT2D eigenvalue weighted by atomic mass is 10.0. The highest BCUT2D eigenvalue weighted by atomic mass is 16.5. The van der Waals surface area contributed by atoms with E-state index in [1.54, 1.807) is 17.0 Å². The molecule has 6 nitrogen and oxygen atoms in total. The van der Waals surface area contributed by atoms with Crippen molar-refractivity contribution < 1.29 is 19.4 Å². The van der Waals surface area contributed by atoms with Gasteiger partial charge in [-0.1, -0.05) is 6.07 Å². The average molecular weight is 278 g/mol. The number of piperidine rings is 1. The number of carbonyl (C=O) groups excluding carboxylic acids is 2. The molecule has 1 aromatic carbocycles. The molecule has 2 rings (SSSR count). The van der Waals surface area contributed by atoms with Crippen molar-refractivity contribution in [1.29, 1.82) is 0 Å². The van der Waals surface area contributed by atoms with Gasteiger partial charge in [-0.05, 0) is 31.0 Å². The molecule has 1 aromatic rings. The number of nitrogens with one attached hydrogen (secondary N) is 1. The Morgan fingerprint density at radius 3 is 2.65 bits per heavy atom. The molecule has 1 heterocycles. The molecule has 0 atom stereocenters. The van der Waals surface area contributed by atoms with Gasteiger partial charge >= 0.3 is 6.09 Å². The summed E-state index contributed by atoms with van der Waals surface area (Å²) in [6.07, 6.45) is 1.06. The molecule has 0 unspecified atom stereocenters. The first-order chi connectivity index (χ1) is 9.60. The van der Waals surface area contributed by atoms with Gasteiger partial charge in [-0.15, -0.1) is 0 Å². The second-order valence-corrected chi connectivity index (χ2v) is 4.76. The van der Waals surface area contributed by atoms with Crippen molar-refractivity contribution in [3.05, 3.63) is 29.8 Å². The van der Waals surface area contributed by atoms with Crippen molar-refractivity contribution >= 4 is 12.0 Å². The van der Waals surface area contributed by atoms with Crippen LogP contribution in [0.2, 0.25) is 0 Å². The van der Waals surface area contributed by atoms with Crippen molar-refractivity contribution in [2.75, 3.05) is 20.2 Å². The Labute approximate surface area is 117 Å². The van der Waals surface area contributed by atoms with E-state index in [2.05, 4.69) is 10.1 Å². The first-order valence-electron chi connectivity index (χ1n) is 6.53. The van der Waals surface area contributed by atoms with Gasteiger partial charge < -0.3 is 20.1 Å². The van der Waals surface area contributed by atoms with Crippen molar-refractivity contribution in [2.45, 2.75) is 18.9 Å². The number of phenols is 1. The van der Waals surface area contributed by atoms with Gasteiger partial charge in [-0.3, -0.25) is 4.79 Å². The van der Waals surface area contributed by atoms with Crippen LogP contribution in [0, 0.1) is 0 Å². The number of carbonyl (C=O) groups is 2. The lowest BCUT2D eigenvalue weighted by Gasteiger charge is -2.31. The molecule has 0 aliphatic carbocycles. The number of rotatable bonds is 2. The summed E-state index contributed by atoms with van der Waals surface area (Å²) in [5.74, 6) is -0.143. The molecule has 1 fully saturated rings. The van der Waals surface area contributed by atoms with Gasteiger partial charge in [0, 0.05) is 24.7 Å². The lowest BCUT2D eigenvalue weighted by molar-refractivity contribution is 0.0892. The molecule has 0 bridgehead atoms. The molecule has 1 saturated heterocycles. The summed E-state index contributed by atoms with van der Waals surface area (Å²) in [6, 6.07) is 6.26. The van der Waals surface area contributed by atoms with Crippen LogP contribution in [0.3, 0.4) is 0 Å². The van der Waals surface area contributed by atoms with Gasteiger partial charge in [0.2, 0.25) is 0 Å². The SMILES string of the molecule is COC(=O)N1CCC(NC(=O)c2cccc(O)c2)CC1. The van der Waals surface area contributed by atoms with E-state index in [1.165, 1.54) is 19.2 Å². The van der Waals surface area contributed by atoms with E-state index in [4.69, 9.17) is 0 Å². The molecule has 0 saturated carbocycles. The first-order valence-corrected chi connectivity index (χ1v) is 6.53. The van der Waals surface area contributed by atoms with E-state index in [-0.39, 0.29) is 23.8 Å². The summed E-state index contributed by atoms with van der Waals surface area (Å²) in [6.45, 7) is 1.13. The van der Waals surface area contributed by atoms with Crippen molar-refractivity contribution in [3.8, 4) is 5.75 Å². The summed E-state index contributed by atoms with van der Waals surface area (Å²) in [5, 5.41) is 12.3. The maximum atomic E-state index is 12.0. The average Bonchev–Trinajstić information content (AvgIpc) is 2.47. The monoisotopic (exact) mass is 278 g/mol. The highest BCUT2D eigenvalue weighted by molar-refractivity contribution is 5.94. The normalized spacial score (nSPS) is 15.8. The fourth-order valence-corrected chi connectivity index (χ4v) is 2.25. The highest BCUT2D eigenvalue weighted by Crippen LogP contribution is 2.14. The van der Waals surface area contributed by atoms with Crippen LogP contribution in [0.5, 0.6) is 5.75 Å². The van der Waals surface area contributed by atoms with Crippen LogP contribution < -0.4 is 5.32 Å². The maximum absolute atomic E-state index is 12.0. The van der Waals surface area contributed by atoms with Gasteiger partial charge in [0.05, 0.1) is 7.11 Å². The minimum atomic E-state index is -0.331. The third-order valence-electron chi connectivity index (χ3n) is 3.37. The van der Waals surface area contributed by atoms with Crippen molar-refractivity contribution in [3.63, 3.8) is 0 Å². The van der Waals surface area contributed by atoms with Crippen molar-refractivity contribution in [1.82, 2.24) is 10.2 Å². The Hall–Kier alpha value is -2.24. The summed E-state index contributed by atoms with van der Waals surface area (Å²) in [7, 11) is 1.36. The number of amides is 2. The number of methoxy groups -OCH3 is 1. The van der Waals surface area contributed by atoms with Gasteiger partial charge in [-0.2, -0.15) is 0 Å². The molecule has 2 amide bonds. The smallest absolute Gasteiger partial charge is 0.409 e. The summed E-state index contributed by atoms with van der Waals surface area (Å²) < 4.78 is 4.66. The van der Waals surface area contributed by atoms with Crippen molar-refractivity contribution in [2.24, 2.45) is 0 Å². The van der Waals surface area contributed by atoms with Crippen LogP contribution >= 0.6 is 0 Å². The number of hydrogen-bond donors (Lipinski definition) is 2. The minimum absolute atomic E-state index is 0.0331. The van der Waals surface area contributed by atoms with E-state index < -0.39 is 0 Å². The molecular formula is C14H18N2O4. The Morgan fingerprint density at radius 1 is 1.35 bits per heavy atom. The van der Waals surface area contributed by atoms with Gasteiger partial charge in [0.15, 0.2) is 0 Å². The standard InChI is InChI=1S/C14H18N2O4/c1-20-14(19)16-7-5-11(6-8-16)15-13(18)10-3-2-4-12(17)9-10/h2-4,9,11,17H,5-8H2,1H3,(H,15,18). The second-order valence-electron chi connectivity index (χ2n) is 4.76. The van der Waals surface area contributed by atoms with E-state index in [0.29, 0.717) is 31.5 Å². The fourth-order valence-electron chi connectivity index (χ4n) is 2.25. The third-order valence-corrected chi connectivity index (χ3v) is 3.37. The summed E-state index contributed by atoms with van der Waals surface area (Å²) >= 11 is 0. The molecule has 0 spiro atoms. The predicted molar refractivity (Wildman–Crippen MR) is 72.6 cm³/mol. The van der Waals surface area contributed by atoms with Crippen LogP contribution in [0.1, 0.15) is 23.2 Å². The Balaban J connectivity index is 1.86. The number of nitrogens with zero attached hydrogens (tertiary/aromatic N) is 1. The van der Waals surface area contributed by atoms with Crippen LogP contribution in [0.4, 0.5) is 4.79 Å². The van der Waals surface area contributed by atoms with Crippen LogP contribution in [0.15, 0.2) is 24.3 Å². The number of ether oxygens (including phenoxy) is 1. The van der Waals surface area contributed by atoms with E-state index >= 15 is 0 Å². The van der Waals surface area contributed by atoms with Crippen LogP contribution in [-0.4, -0.2) is 48.2 Å². The Bertz CT molecular complexity index is 496. The van der Waals surface area contributed by atoms with E-state index in [1.807, 2.05) is 0 Å². The molecule has 1 aliphatic heterocycles. The summed E-state index contributed by atoms with van der Waals surface area (Å²) in [4.78, 5) is 25.0.